The van der Waals surface area contributed by atoms with Crippen LogP contribution in [0, 0.1) is 0 Å². The van der Waals surface area contributed by atoms with Gasteiger partial charge in [-0.3, -0.25) is 0 Å². The van der Waals surface area contributed by atoms with E-state index in [1.54, 1.807) is 0 Å². The molecule has 0 radical (unpaired) electrons. The summed E-state index contributed by atoms with van der Waals surface area (Å²) in [6, 6.07) is 0. The van der Waals surface area contributed by atoms with Gasteiger partial charge in [-0.25, -0.2) is 8.78 Å². The van der Waals surface area contributed by atoms with E-state index >= 15 is 0 Å². The summed E-state index contributed by atoms with van der Waals surface area (Å²) in [7, 11) is 0. The maximum Gasteiger partial charge on any atom is 0.284 e. The Morgan fingerprint density at radius 1 is 1.50 bits per heavy atom. The van der Waals surface area contributed by atoms with E-state index in [-0.39, 0.29) is 6.42 Å². The Balaban J connectivity index is 2.50. The molecule has 0 N–H and O–H groups in total. The van der Waals surface area contributed by atoms with Crippen molar-refractivity contribution in [1.82, 2.24) is 0 Å². The monoisotopic (exact) mass is 120 g/mol. The van der Waals surface area contributed by atoms with Crippen LogP contribution >= 0.6 is 0 Å². The predicted octanol–water partition coefficient (Wildman–Crippen LogP) is 1.56. The van der Waals surface area contributed by atoms with E-state index in [0.717, 1.165) is 0 Å². The van der Waals surface area contributed by atoms with Gasteiger partial charge in [-0.15, -0.1) is 0 Å². The Kier molecular flexibility index (Phi) is 1.19. The zero-order valence-corrected chi connectivity index (χ0v) is 4.23. The number of hydrogen-bond acceptors (Lipinski definition) is 1. The molecule has 0 fully saturated rings. The summed E-state index contributed by atoms with van der Waals surface area (Å²) < 4.78 is 28.4. The van der Waals surface area contributed by atoms with E-state index < -0.39 is 12.5 Å². The van der Waals surface area contributed by atoms with E-state index in [1.165, 1.54) is 12.3 Å². The first-order valence-corrected chi connectivity index (χ1v) is 2.35. The van der Waals surface area contributed by atoms with Crippen molar-refractivity contribution in [2.75, 3.05) is 6.61 Å². The quantitative estimate of drug-likeness (QED) is 0.471. The molecule has 1 aliphatic heterocycles. The van der Waals surface area contributed by atoms with Crippen molar-refractivity contribution < 1.29 is 13.5 Å². The molecule has 46 valence electrons. The molecule has 1 heterocycles. The number of ether oxygens (including phenoxy) is 1. The second-order valence-electron chi connectivity index (χ2n) is 1.74. The topological polar surface area (TPSA) is 9.23 Å². The molecule has 1 nitrogen and oxygen atoms in total. The highest BCUT2D eigenvalue weighted by atomic mass is 19.3. The van der Waals surface area contributed by atoms with Crippen molar-refractivity contribution in [3.05, 3.63) is 12.3 Å². The van der Waals surface area contributed by atoms with Gasteiger partial charge in [0.25, 0.3) is 5.92 Å². The third-order valence-corrected chi connectivity index (χ3v) is 0.903. The minimum Gasteiger partial charge on any atom is -0.495 e. The maximum absolute atomic E-state index is 12.0. The zero-order valence-electron chi connectivity index (χ0n) is 4.23. The molecule has 0 saturated carbocycles. The molecule has 8 heavy (non-hydrogen) atoms. The minimum absolute atomic E-state index is 0.188. The largest absolute Gasteiger partial charge is 0.495 e. The summed E-state index contributed by atoms with van der Waals surface area (Å²) in [4.78, 5) is 0. The first-order chi connectivity index (χ1) is 3.71. The fraction of sp³-hybridized carbons (Fsp3) is 0.600. The molecule has 0 unspecified atom stereocenters. The molecule has 0 saturated heterocycles. The van der Waals surface area contributed by atoms with Crippen LogP contribution < -0.4 is 0 Å². The third kappa shape index (κ3) is 1.18. The number of hydrogen-bond donors (Lipinski definition) is 0. The van der Waals surface area contributed by atoms with Crippen molar-refractivity contribution in [3.63, 3.8) is 0 Å². The summed E-state index contributed by atoms with van der Waals surface area (Å²) in [5, 5.41) is 0. The number of rotatable bonds is 0. The van der Waals surface area contributed by atoms with E-state index in [4.69, 9.17) is 0 Å². The van der Waals surface area contributed by atoms with Crippen molar-refractivity contribution in [2.24, 2.45) is 0 Å². The maximum atomic E-state index is 12.0. The van der Waals surface area contributed by atoms with Crippen LogP contribution in [-0.4, -0.2) is 12.5 Å². The SMILES string of the molecule is FC1(F)CC=COC1. The lowest BCUT2D eigenvalue weighted by Gasteiger charge is -2.16. The van der Waals surface area contributed by atoms with Gasteiger partial charge in [0, 0.05) is 6.42 Å². The first-order valence-electron chi connectivity index (χ1n) is 2.35. The van der Waals surface area contributed by atoms with Crippen molar-refractivity contribution in [2.45, 2.75) is 12.3 Å². The Hall–Kier alpha value is -0.600. The predicted molar refractivity (Wildman–Crippen MR) is 24.7 cm³/mol. The molecule has 0 bridgehead atoms. The molecular weight excluding hydrogens is 114 g/mol. The number of alkyl halides is 2. The molecule has 0 aromatic carbocycles. The normalized spacial score (nSPS) is 24.8. The van der Waals surface area contributed by atoms with Gasteiger partial charge in [-0.1, -0.05) is 0 Å². The lowest BCUT2D eigenvalue weighted by Crippen LogP contribution is -2.23. The van der Waals surface area contributed by atoms with Crippen LogP contribution in [0.2, 0.25) is 0 Å². The first kappa shape index (κ1) is 5.54. The van der Waals surface area contributed by atoms with E-state index in [9.17, 15) is 8.78 Å². The fourth-order valence-corrected chi connectivity index (χ4v) is 0.518. The molecule has 1 aliphatic rings. The van der Waals surface area contributed by atoms with Crippen molar-refractivity contribution >= 4 is 0 Å². The van der Waals surface area contributed by atoms with Gasteiger partial charge in [-0.05, 0) is 6.08 Å². The fourth-order valence-electron chi connectivity index (χ4n) is 0.518. The van der Waals surface area contributed by atoms with Gasteiger partial charge in [0.2, 0.25) is 0 Å². The Labute approximate surface area is 45.9 Å². The van der Waals surface area contributed by atoms with Crippen LogP contribution in [0.1, 0.15) is 6.42 Å². The zero-order chi connectivity index (χ0) is 6.04. The Morgan fingerprint density at radius 2 is 2.25 bits per heavy atom. The van der Waals surface area contributed by atoms with Crippen LogP contribution in [-0.2, 0) is 4.74 Å². The van der Waals surface area contributed by atoms with Gasteiger partial charge in [0.05, 0.1) is 6.26 Å². The van der Waals surface area contributed by atoms with Gasteiger partial charge in [0.15, 0.2) is 6.61 Å². The molecule has 0 aliphatic carbocycles. The smallest absolute Gasteiger partial charge is 0.284 e. The van der Waals surface area contributed by atoms with E-state index in [0.29, 0.717) is 0 Å². The Bertz CT molecular complexity index is 109. The van der Waals surface area contributed by atoms with Gasteiger partial charge in [-0.2, -0.15) is 0 Å². The second-order valence-corrected chi connectivity index (χ2v) is 1.74. The molecule has 0 aromatic heterocycles. The highest BCUT2D eigenvalue weighted by Crippen LogP contribution is 2.22. The summed E-state index contributed by atoms with van der Waals surface area (Å²) >= 11 is 0. The van der Waals surface area contributed by atoms with Gasteiger partial charge < -0.3 is 4.74 Å². The Morgan fingerprint density at radius 3 is 2.50 bits per heavy atom. The minimum atomic E-state index is -2.63. The molecule has 0 spiro atoms. The second kappa shape index (κ2) is 1.73. The summed E-state index contributed by atoms with van der Waals surface area (Å²) in [5.41, 5.74) is 0. The van der Waals surface area contributed by atoms with Crippen LogP contribution in [0.5, 0.6) is 0 Å². The molecule has 0 amide bonds. The van der Waals surface area contributed by atoms with Gasteiger partial charge >= 0.3 is 0 Å². The number of halogens is 2. The van der Waals surface area contributed by atoms with E-state index in [2.05, 4.69) is 4.74 Å². The number of allylic oxidation sites excluding steroid dienone is 1. The van der Waals surface area contributed by atoms with Crippen LogP contribution in [0.3, 0.4) is 0 Å². The summed E-state index contributed by atoms with van der Waals surface area (Å²) in [6.45, 7) is -0.469. The van der Waals surface area contributed by atoms with Crippen molar-refractivity contribution in [3.8, 4) is 0 Å². The lowest BCUT2D eigenvalue weighted by atomic mass is 10.2. The van der Waals surface area contributed by atoms with Crippen LogP contribution in [0.25, 0.3) is 0 Å². The van der Waals surface area contributed by atoms with Crippen LogP contribution in [0.4, 0.5) is 8.78 Å². The van der Waals surface area contributed by atoms with Gasteiger partial charge in [0.1, 0.15) is 0 Å². The van der Waals surface area contributed by atoms with Crippen LogP contribution in [0.15, 0.2) is 12.3 Å². The third-order valence-electron chi connectivity index (χ3n) is 0.903. The molecule has 3 heteroatoms. The highest BCUT2D eigenvalue weighted by Gasteiger charge is 2.29. The summed E-state index contributed by atoms with van der Waals surface area (Å²) in [5.74, 6) is -2.63. The van der Waals surface area contributed by atoms with Crippen molar-refractivity contribution in [1.29, 1.82) is 0 Å². The highest BCUT2D eigenvalue weighted by molar-refractivity contribution is 4.86. The molecule has 0 aromatic rings. The summed E-state index contributed by atoms with van der Waals surface area (Å²) in [6.07, 6.45) is 2.44. The average Bonchev–Trinajstić information content (AvgIpc) is 1.65. The molecule has 0 atom stereocenters. The standard InChI is InChI=1S/C5H6F2O/c6-5(7)2-1-3-8-4-5/h1,3H,2,4H2. The van der Waals surface area contributed by atoms with E-state index in [1.807, 2.05) is 0 Å². The average molecular weight is 120 g/mol. The lowest BCUT2D eigenvalue weighted by molar-refractivity contribution is -0.0612. The molecule has 1 rings (SSSR count). The molecular formula is C5H6F2O.